The van der Waals surface area contributed by atoms with Gasteiger partial charge in [0.05, 0.1) is 6.04 Å². The zero-order valence-electron chi connectivity index (χ0n) is 8.20. The van der Waals surface area contributed by atoms with Gasteiger partial charge in [0.2, 0.25) is 0 Å². The van der Waals surface area contributed by atoms with Gasteiger partial charge < -0.3 is 5.73 Å². The van der Waals surface area contributed by atoms with Gasteiger partial charge in [0.1, 0.15) is 0 Å². The molecule has 0 spiro atoms. The summed E-state index contributed by atoms with van der Waals surface area (Å²) in [4.78, 5) is 11.5. The molecular formula is C11H13Cl2NO. The minimum Gasteiger partial charge on any atom is -0.321 e. The maximum Gasteiger partial charge on any atom is 0.153 e. The van der Waals surface area contributed by atoms with Crippen LogP contribution in [0.1, 0.15) is 17.5 Å². The summed E-state index contributed by atoms with van der Waals surface area (Å²) >= 11 is 6.06. The Morgan fingerprint density at radius 2 is 2.13 bits per heavy atom. The van der Waals surface area contributed by atoms with Crippen LogP contribution >= 0.6 is 24.0 Å². The molecule has 82 valence electrons. The number of ketones is 1. The lowest BCUT2D eigenvalue weighted by molar-refractivity contribution is -0.119. The van der Waals surface area contributed by atoms with Crippen LogP contribution < -0.4 is 5.73 Å². The molecular weight excluding hydrogens is 233 g/mol. The molecule has 0 saturated heterocycles. The number of benzene rings is 1. The number of carbonyl (C=O) groups excluding carboxylic acids is 1. The molecule has 0 amide bonds. The van der Waals surface area contributed by atoms with Crippen LogP contribution in [0.25, 0.3) is 0 Å². The maximum absolute atomic E-state index is 11.5. The molecule has 0 saturated carbocycles. The number of carbonyl (C=O) groups is 1. The molecule has 2 rings (SSSR count). The molecule has 1 aromatic carbocycles. The van der Waals surface area contributed by atoms with Gasteiger partial charge in [0, 0.05) is 11.4 Å². The minimum absolute atomic E-state index is 0. The minimum atomic E-state index is -0.321. The fourth-order valence-corrected chi connectivity index (χ4v) is 2.12. The van der Waals surface area contributed by atoms with Crippen LogP contribution in [-0.2, 0) is 17.6 Å². The first-order chi connectivity index (χ1) is 6.68. The summed E-state index contributed by atoms with van der Waals surface area (Å²) in [6.45, 7) is 0. The Hall–Kier alpha value is -0.570. The molecule has 4 heteroatoms. The fraction of sp³-hybridized carbons (Fsp3) is 0.364. The molecule has 2 N–H and O–H groups in total. The Kier molecular flexibility index (Phi) is 4.14. The summed E-state index contributed by atoms with van der Waals surface area (Å²) in [5, 5.41) is 0.754. The van der Waals surface area contributed by atoms with E-state index in [2.05, 4.69) is 0 Å². The summed E-state index contributed by atoms with van der Waals surface area (Å²) in [6.07, 6.45) is 1.94. The van der Waals surface area contributed by atoms with E-state index in [9.17, 15) is 4.79 Å². The summed E-state index contributed by atoms with van der Waals surface area (Å²) in [5.41, 5.74) is 7.85. The summed E-state index contributed by atoms with van der Waals surface area (Å²) in [6, 6.07) is 5.38. The Bertz CT molecular complexity index is 379. The lowest BCUT2D eigenvalue weighted by Crippen LogP contribution is -2.30. The van der Waals surface area contributed by atoms with Gasteiger partial charge >= 0.3 is 0 Å². The molecule has 0 bridgehead atoms. The Morgan fingerprint density at radius 1 is 1.40 bits per heavy atom. The molecule has 0 heterocycles. The van der Waals surface area contributed by atoms with Gasteiger partial charge in [-0.2, -0.15) is 0 Å². The number of hydrogen-bond acceptors (Lipinski definition) is 2. The van der Waals surface area contributed by atoms with Crippen molar-refractivity contribution in [1.82, 2.24) is 0 Å². The van der Waals surface area contributed by atoms with Crippen molar-refractivity contribution in [2.45, 2.75) is 25.3 Å². The average molecular weight is 246 g/mol. The van der Waals surface area contributed by atoms with Crippen LogP contribution in [0.4, 0.5) is 0 Å². The predicted molar refractivity (Wildman–Crippen MR) is 63.7 cm³/mol. The van der Waals surface area contributed by atoms with Gasteiger partial charge in [-0.3, -0.25) is 4.79 Å². The zero-order chi connectivity index (χ0) is 10.1. The normalized spacial score (nSPS) is 20.1. The molecule has 1 aromatic rings. The number of rotatable bonds is 0. The van der Waals surface area contributed by atoms with Crippen LogP contribution in [0.5, 0.6) is 0 Å². The second-order valence-electron chi connectivity index (χ2n) is 3.67. The monoisotopic (exact) mass is 245 g/mol. The molecule has 1 aliphatic rings. The Labute approximate surface area is 100 Å². The van der Waals surface area contributed by atoms with Gasteiger partial charge in [-0.25, -0.2) is 0 Å². The maximum atomic E-state index is 11.5. The molecule has 1 atom stereocenters. The molecule has 1 aliphatic carbocycles. The zero-order valence-corrected chi connectivity index (χ0v) is 9.77. The van der Waals surface area contributed by atoms with Crippen molar-refractivity contribution in [3.8, 4) is 0 Å². The van der Waals surface area contributed by atoms with E-state index in [1.165, 1.54) is 0 Å². The molecule has 1 unspecified atom stereocenters. The van der Waals surface area contributed by atoms with Crippen molar-refractivity contribution in [3.63, 3.8) is 0 Å². The highest BCUT2D eigenvalue weighted by atomic mass is 35.5. The van der Waals surface area contributed by atoms with E-state index in [0.717, 1.165) is 22.6 Å². The van der Waals surface area contributed by atoms with Crippen LogP contribution in [-0.4, -0.2) is 11.8 Å². The standard InChI is InChI=1S/C11H12ClNO.ClH/c12-9-3-1-2-7-6-11(14)10(13)5-4-8(7)9;/h1-3,10H,4-6,13H2;1H. The van der Waals surface area contributed by atoms with Gasteiger partial charge in [-0.1, -0.05) is 23.7 Å². The highest BCUT2D eigenvalue weighted by Gasteiger charge is 2.21. The molecule has 0 aromatic heterocycles. The predicted octanol–water partition coefficient (Wildman–Crippen LogP) is 2.15. The topological polar surface area (TPSA) is 43.1 Å². The third-order valence-electron chi connectivity index (χ3n) is 2.70. The molecule has 15 heavy (non-hydrogen) atoms. The summed E-state index contributed by atoms with van der Waals surface area (Å²) in [7, 11) is 0. The SMILES string of the molecule is Cl.NC1CCc2c(Cl)cccc2CC1=O. The molecule has 2 nitrogen and oxygen atoms in total. The highest BCUT2D eigenvalue weighted by molar-refractivity contribution is 6.31. The van der Waals surface area contributed by atoms with Crippen LogP contribution in [0, 0.1) is 0 Å². The third kappa shape index (κ3) is 2.51. The second kappa shape index (κ2) is 4.97. The number of halogens is 2. The second-order valence-corrected chi connectivity index (χ2v) is 4.07. The van der Waals surface area contributed by atoms with Crippen LogP contribution in [0.3, 0.4) is 0 Å². The van der Waals surface area contributed by atoms with E-state index in [1.807, 2.05) is 18.2 Å². The van der Waals surface area contributed by atoms with Crippen molar-refractivity contribution in [2.24, 2.45) is 5.73 Å². The van der Waals surface area contributed by atoms with Crippen molar-refractivity contribution < 1.29 is 4.79 Å². The molecule has 0 aliphatic heterocycles. The van der Waals surface area contributed by atoms with Gasteiger partial charge in [0.15, 0.2) is 5.78 Å². The van der Waals surface area contributed by atoms with Crippen molar-refractivity contribution in [3.05, 3.63) is 34.3 Å². The van der Waals surface area contributed by atoms with Crippen molar-refractivity contribution in [2.75, 3.05) is 0 Å². The largest absolute Gasteiger partial charge is 0.321 e. The quantitative estimate of drug-likeness (QED) is 0.713. The first-order valence-corrected chi connectivity index (χ1v) is 5.11. The average Bonchev–Trinajstić information content (AvgIpc) is 2.29. The number of nitrogens with two attached hydrogens (primary N) is 1. The molecule has 0 fully saturated rings. The number of fused-ring (bicyclic) bond motifs is 1. The Balaban J connectivity index is 0.00000112. The lowest BCUT2D eigenvalue weighted by Gasteiger charge is -2.05. The van der Waals surface area contributed by atoms with Crippen LogP contribution in [0.15, 0.2) is 18.2 Å². The molecule has 0 radical (unpaired) electrons. The smallest absolute Gasteiger partial charge is 0.153 e. The van der Waals surface area contributed by atoms with Crippen LogP contribution in [0.2, 0.25) is 5.02 Å². The number of Topliss-reactive ketones (excluding diaryl/α,β-unsaturated/α-hetero) is 1. The summed E-state index contributed by atoms with van der Waals surface area (Å²) < 4.78 is 0. The Morgan fingerprint density at radius 3 is 2.87 bits per heavy atom. The highest BCUT2D eigenvalue weighted by Crippen LogP contribution is 2.25. The number of hydrogen-bond donors (Lipinski definition) is 1. The first kappa shape index (κ1) is 12.5. The van der Waals surface area contributed by atoms with Gasteiger partial charge in [0.25, 0.3) is 0 Å². The lowest BCUT2D eigenvalue weighted by atomic mass is 10.0. The first-order valence-electron chi connectivity index (χ1n) is 4.73. The van der Waals surface area contributed by atoms with E-state index in [4.69, 9.17) is 17.3 Å². The van der Waals surface area contributed by atoms with E-state index < -0.39 is 0 Å². The van der Waals surface area contributed by atoms with E-state index in [1.54, 1.807) is 0 Å². The van der Waals surface area contributed by atoms with Crippen molar-refractivity contribution >= 4 is 29.8 Å². The summed E-state index contributed by atoms with van der Waals surface area (Å²) in [5.74, 6) is 0.117. The van der Waals surface area contributed by atoms with Gasteiger partial charge in [-0.15, -0.1) is 12.4 Å². The van der Waals surface area contributed by atoms with E-state index >= 15 is 0 Å². The fourth-order valence-electron chi connectivity index (χ4n) is 1.83. The van der Waals surface area contributed by atoms with Gasteiger partial charge in [-0.05, 0) is 30.0 Å². The van der Waals surface area contributed by atoms with Crippen molar-refractivity contribution in [1.29, 1.82) is 0 Å². The van der Waals surface area contributed by atoms with E-state index in [-0.39, 0.29) is 24.2 Å². The van der Waals surface area contributed by atoms with E-state index in [0.29, 0.717) is 12.8 Å². The third-order valence-corrected chi connectivity index (χ3v) is 3.05.